The molecule has 5 N–H and O–H groups in total. The molecule has 5 heterocycles. The van der Waals surface area contributed by atoms with E-state index in [2.05, 4.69) is 74.2 Å². The molecule has 5 aromatic carbocycles. The number of aromatic hydroxyl groups is 3. The lowest BCUT2D eigenvalue weighted by molar-refractivity contribution is -0.132. The van der Waals surface area contributed by atoms with Crippen LogP contribution in [0, 0.1) is 5.92 Å². The summed E-state index contributed by atoms with van der Waals surface area (Å²) < 4.78 is 1.42. The van der Waals surface area contributed by atoms with E-state index in [0.29, 0.717) is 80.9 Å². The molecule has 0 saturated carbocycles. The van der Waals surface area contributed by atoms with E-state index < -0.39 is 5.69 Å². The van der Waals surface area contributed by atoms with Gasteiger partial charge in [-0.3, -0.25) is 14.5 Å². The van der Waals surface area contributed by atoms with Crippen LogP contribution in [0.2, 0.25) is 0 Å². The number of piperazine rings is 1. The van der Waals surface area contributed by atoms with Crippen molar-refractivity contribution >= 4 is 40.0 Å². The van der Waals surface area contributed by atoms with Crippen LogP contribution in [0.25, 0.3) is 27.8 Å². The number of H-pyrrole nitrogens is 1. The van der Waals surface area contributed by atoms with Gasteiger partial charge >= 0.3 is 5.69 Å². The molecule has 0 aliphatic carbocycles. The van der Waals surface area contributed by atoms with Crippen molar-refractivity contribution in [2.24, 2.45) is 5.92 Å². The summed E-state index contributed by atoms with van der Waals surface area (Å²) in [4.78, 5) is 59.6. The van der Waals surface area contributed by atoms with Gasteiger partial charge in [0.2, 0.25) is 17.8 Å². The van der Waals surface area contributed by atoms with Crippen LogP contribution in [-0.4, -0.2) is 126 Å². The molecule has 17 nitrogen and oxygen atoms in total. The number of aromatic amines is 1. The number of aromatic nitrogens is 5. The number of hydrogen-bond donors (Lipinski definition) is 5. The van der Waals surface area contributed by atoms with Crippen LogP contribution < -0.4 is 20.8 Å². The van der Waals surface area contributed by atoms with E-state index in [1.807, 2.05) is 72.2 Å². The van der Waals surface area contributed by atoms with Gasteiger partial charge in [-0.2, -0.15) is 10.1 Å². The van der Waals surface area contributed by atoms with E-state index in [9.17, 15) is 29.7 Å². The van der Waals surface area contributed by atoms with Gasteiger partial charge in [-0.15, -0.1) is 0 Å². The minimum absolute atomic E-state index is 0.00167. The summed E-state index contributed by atoms with van der Waals surface area (Å²) in [5.41, 5.74) is 7.71. The maximum absolute atomic E-state index is 13.6. The molecule has 0 atom stereocenters. The molecule has 3 aliphatic rings. The Morgan fingerprint density at radius 1 is 0.816 bits per heavy atom. The molecule has 7 aromatic rings. The summed E-state index contributed by atoms with van der Waals surface area (Å²) in [6, 6.07) is 31.2. The third-order valence-electron chi connectivity index (χ3n) is 15.2. The number of hydrogen-bond acceptors (Lipinski definition) is 13. The summed E-state index contributed by atoms with van der Waals surface area (Å²) in [6.45, 7) is 14.6. The number of piperidine rings is 1. The average molecular weight is 1030 g/mol. The number of fused-ring (bicyclic) bond motifs is 2. The van der Waals surface area contributed by atoms with Gasteiger partial charge in [-0.25, -0.2) is 19.4 Å². The summed E-state index contributed by atoms with van der Waals surface area (Å²) in [7, 11) is 2.08. The van der Waals surface area contributed by atoms with Gasteiger partial charge in [0, 0.05) is 101 Å². The first-order chi connectivity index (χ1) is 36.8. The number of anilines is 3. The summed E-state index contributed by atoms with van der Waals surface area (Å²) in [5, 5.41) is 43.9. The highest BCUT2D eigenvalue weighted by Crippen LogP contribution is 2.39. The zero-order valence-corrected chi connectivity index (χ0v) is 43.6. The topological polar surface area (TPSA) is 200 Å². The Labute approximate surface area is 442 Å². The van der Waals surface area contributed by atoms with Crippen molar-refractivity contribution in [3.05, 3.63) is 154 Å². The second-order valence-electron chi connectivity index (χ2n) is 20.8. The van der Waals surface area contributed by atoms with E-state index in [1.54, 1.807) is 12.1 Å². The maximum atomic E-state index is 13.6. The number of carbonyl (C=O) groups is 2. The van der Waals surface area contributed by atoms with Gasteiger partial charge in [0.05, 0.1) is 23.5 Å². The van der Waals surface area contributed by atoms with E-state index >= 15 is 0 Å². The number of phenols is 3. The second-order valence-corrected chi connectivity index (χ2v) is 20.8. The van der Waals surface area contributed by atoms with Crippen LogP contribution in [0.1, 0.15) is 72.5 Å². The Hall–Kier alpha value is -8.18. The molecule has 0 bridgehead atoms. The van der Waals surface area contributed by atoms with Gasteiger partial charge in [0.25, 0.3) is 0 Å². The molecule has 0 radical (unpaired) electrons. The van der Waals surface area contributed by atoms with Crippen molar-refractivity contribution in [2.45, 2.75) is 71.5 Å². The van der Waals surface area contributed by atoms with Crippen LogP contribution in [0.4, 0.5) is 17.5 Å². The van der Waals surface area contributed by atoms with Crippen LogP contribution in [0.15, 0.2) is 115 Å². The molecule has 0 spiro atoms. The molecule has 2 aromatic heterocycles. The zero-order chi connectivity index (χ0) is 53.0. The lowest BCUT2D eigenvalue weighted by atomic mass is 9.90. The number of likely N-dealkylation sites (tertiary alicyclic amines) is 1. The van der Waals surface area contributed by atoms with Gasteiger partial charge in [-0.1, -0.05) is 81.1 Å². The summed E-state index contributed by atoms with van der Waals surface area (Å²) >= 11 is 0. The molecule has 2 saturated heterocycles. The highest BCUT2D eigenvalue weighted by molar-refractivity contribution is 5.96. The molecule has 10 rings (SSSR count). The first-order valence-corrected chi connectivity index (χ1v) is 26.4. The van der Waals surface area contributed by atoms with Crippen molar-refractivity contribution in [1.82, 2.24) is 39.4 Å². The Balaban J connectivity index is 0.705. The number of benzene rings is 5. The largest absolute Gasteiger partial charge is 0.508 e. The quantitative estimate of drug-likeness (QED) is 0.0590. The minimum Gasteiger partial charge on any atom is -0.508 e. The van der Waals surface area contributed by atoms with Crippen molar-refractivity contribution in [2.75, 3.05) is 74.5 Å². The summed E-state index contributed by atoms with van der Waals surface area (Å²) in [6.07, 6.45) is 5.28. The van der Waals surface area contributed by atoms with Crippen molar-refractivity contribution in [3.63, 3.8) is 0 Å². The first-order valence-electron chi connectivity index (χ1n) is 26.4. The third kappa shape index (κ3) is 11.2. The fourth-order valence-electron chi connectivity index (χ4n) is 11.1. The summed E-state index contributed by atoms with van der Waals surface area (Å²) in [5.74, 6) is 2.20. The number of nitrogens with one attached hydrogen (secondary N) is 2. The second kappa shape index (κ2) is 22.3. The monoisotopic (exact) mass is 1030 g/mol. The number of phenolic OH excluding ortho intramolecular Hbond substituents is 3. The van der Waals surface area contributed by atoms with Crippen LogP contribution in [0.3, 0.4) is 0 Å². The van der Waals surface area contributed by atoms with Crippen LogP contribution >= 0.6 is 0 Å². The fraction of sp³-hybridized carbons (Fsp3) is 0.356. The Kier molecular flexibility index (Phi) is 15.1. The molecular weight excluding hydrogens is 959 g/mol. The van der Waals surface area contributed by atoms with Gasteiger partial charge in [0.15, 0.2) is 5.82 Å². The van der Waals surface area contributed by atoms with Crippen LogP contribution in [-0.2, 0) is 42.1 Å². The van der Waals surface area contributed by atoms with Gasteiger partial charge in [-0.05, 0) is 103 Å². The zero-order valence-electron chi connectivity index (χ0n) is 43.6. The van der Waals surface area contributed by atoms with Crippen molar-refractivity contribution in [1.29, 1.82) is 0 Å². The smallest absolute Gasteiger partial charge is 0.348 e. The molecule has 394 valence electrons. The van der Waals surface area contributed by atoms with Crippen molar-refractivity contribution in [3.8, 4) is 34.3 Å². The fourth-order valence-corrected chi connectivity index (χ4v) is 11.1. The SMILES string of the molecule is C=CC(=O)N1CCN(c2nc(NCCC(=O)N3CCC(Cc4ccc(CN(C)Cc5ccc(-n6c(-c7cc(C(C)C)c(O)cc7O)n[nH]c6=O)cc5)cc4)CC3)nc3c2CCN(c2cc(O)cc4ccccc24)C3)CC1. The number of amides is 2. The number of nitrogens with zero attached hydrogens (tertiary/aromatic N) is 9. The van der Waals surface area contributed by atoms with Gasteiger partial charge < -0.3 is 40.2 Å². The van der Waals surface area contributed by atoms with E-state index in [0.717, 1.165) is 91.0 Å². The normalized spacial score (nSPS) is 15.2. The van der Waals surface area contributed by atoms with E-state index in [1.165, 1.54) is 27.8 Å². The minimum atomic E-state index is -0.432. The molecular formula is C59H67N11O6. The van der Waals surface area contributed by atoms with Gasteiger partial charge in [0.1, 0.15) is 23.1 Å². The van der Waals surface area contributed by atoms with E-state index in [4.69, 9.17) is 9.97 Å². The Morgan fingerprint density at radius 3 is 2.22 bits per heavy atom. The molecule has 0 unspecified atom stereocenters. The average Bonchev–Trinajstić information content (AvgIpc) is 3.81. The predicted octanol–water partition coefficient (Wildman–Crippen LogP) is 7.72. The van der Waals surface area contributed by atoms with E-state index in [-0.39, 0.29) is 40.8 Å². The standard InChI is InChI=1S/C59H67N11O6/c1-5-54(74)67-26-28-68(29-27-67)56-47-21-25-69(51-32-45(71)31-43-8-6-7-9-46(43)51)37-50(47)61-58(62-56)60-22-18-55(75)66-23-19-40(20-24-66)30-39-10-12-41(13-11-39)35-65(4)36-42-14-16-44(17-15-42)70-57(63-64-59(70)76)49-33-48(38(2)3)52(72)34-53(49)73/h5-17,31-34,38,40,71-73H,1,18-30,35-37H2,2-4H3,(H,64,76)(H,60,61,62). The highest BCUT2D eigenvalue weighted by Gasteiger charge is 2.30. The lowest BCUT2D eigenvalue weighted by Crippen LogP contribution is -2.49. The molecule has 17 heteroatoms. The molecule has 2 fully saturated rings. The first kappa shape index (κ1) is 51.3. The maximum Gasteiger partial charge on any atom is 0.348 e. The predicted molar refractivity (Wildman–Crippen MR) is 296 cm³/mol. The van der Waals surface area contributed by atoms with Crippen molar-refractivity contribution < 1.29 is 24.9 Å². The lowest BCUT2D eigenvalue weighted by Gasteiger charge is -2.38. The highest BCUT2D eigenvalue weighted by atomic mass is 16.3. The van der Waals surface area contributed by atoms with Crippen LogP contribution in [0.5, 0.6) is 17.2 Å². The molecule has 3 aliphatic heterocycles. The Bertz CT molecular complexity index is 3300. The Morgan fingerprint density at radius 2 is 1.51 bits per heavy atom. The number of rotatable bonds is 16. The molecule has 2 amide bonds. The number of carbonyl (C=O) groups excluding carboxylic acids is 2. The molecule has 76 heavy (non-hydrogen) atoms. The third-order valence-corrected chi connectivity index (χ3v) is 15.2.